The molecule has 2 aromatic rings. The second-order valence-electron chi connectivity index (χ2n) is 6.43. The summed E-state index contributed by atoms with van der Waals surface area (Å²) in [5.41, 5.74) is 1.19. The largest absolute Gasteiger partial charge is 0.373 e. The monoisotopic (exact) mass is 333 g/mol. The number of halogens is 1. The van der Waals surface area contributed by atoms with Gasteiger partial charge in [0.25, 0.3) is 0 Å². The van der Waals surface area contributed by atoms with Crippen LogP contribution in [-0.2, 0) is 17.7 Å². The minimum Gasteiger partial charge on any atom is -0.373 e. The van der Waals surface area contributed by atoms with Crippen LogP contribution in [0.1, 0.15) is 38.2 Å². The molecular formula is C18H24ClN3O. The molecular weight excluding hydrogens is 310 g/mol. The standard InChI is InChI=1S/C18H24ClN3O/c1-2-10-23-18(12-22-14-20-13-21-22)9-3-4-16(18)11-15-5-7-17(19)8-6-15/h5-8,13-14,16H,2-4,9-12H2,1H3/t16-,18+/m1/s1. The van der Waals surface area contributed by atoms with Crippen molar-refractivity contribution in [2.24, 2.45) is 5.92 Å². The van der Waals surface area contributed by atoms with Gasteiger partial charge in [0.05, 0.1) is 12.1 Å². The first-order valence-electron chi connectivity index (χ1n) is 8.43. The van der Waals surface area contributed by atoms with Crippen molar-refractivity contribution in [2.75, 3.05) is 6.61 Å². The number of nitrogens with zero attached hydrogens (tertiary/aromatic N) is 3. The number of hydrogen-bond donors (Lipinski definition) is 0. The fraction of sp³-hybridized carbons (Fsp3) is 0.556. The van der Waals surface area contributed by atoms with Crippen LogP contribution in [0.25, 0.3) is 0 Å². The Labute approximate surface area is 142 Å². The van der Waals surface area contributed by atoms with Crippen molar-refractivity contribution in [1.29, 1.82) is 0 Å². The van der Waals surface area contributed by atoms with E-state index in [2.05, 4.69) is 29.1 Å². The highest BCUT2D eigenvalue weighted by atomic mass is 35.5. The van der Waals surface area contributed by atoms with E-state index in [1.807, 2.05) is 16.8 Å². The lowest BCUT2D eigenvalue weighted by Gasteiger charge is -2.36. The van der Waals surface area contributed by atoms with Crippen LogP contribution >= 0.6 is 11.6 Å². The van der Waals surface area contributed by atoms with Crippen LogP contribution in [0.3, 0.4) is 0 Å². The minimum absolute atomic E-state index is 0.136. The van der Waals surface area contributed by atoms with Crippen molar-refractivity contribution in [3.05, 3.63) is 47.5 Å². The molecule has 0 radical (unpaired) electrons. The molecule has 0 spiro atoms. The normalized spacial score (nSPS) is 24.2. The Kier molecular flexibility index (Phi) is 5.34. The summed E-state index contributed by atoms with van der Waals surface area (Å²) >= 11 is 6.00. The zero-order valence-corrected chi connectivity index (χ0v) is 14.4. The average molecular weight is 334 g/mol. The fourth-order valence-electron chi connectivity index (χ4n) is 3.65. The molecule has 0 amide bonds. The average Bonchev–Trinajstić information content (AvgIpc) is 3.19. The molecule has 0 unspecified atom stereocenters. The molecule has 5 heteroatoms. The molecule has 0 N–H and O–H groups in total. The number of hydrogen-bond acceptors (Lipinski definition) is 3. The van der Waals surface area contributed by atoms with Crippen molar-refractivity contribution < 1.29 is 4.74 Å². The highest BCUT2D eigenvalue weighted by molar-refractivity contribution is 6.30. The predicted molar refractivity (Wildman–Crippen MR) is 91.5 cm³/mol. The van der Waals surface area contributed by atoms with E-state index < -0.39 is 0 Å². The van der Waals surface area contributed by atoms with Crippen molar-refractivity contribution >= 4 is 11.6 Å². The lowest BCUT2D eigenvalue weighted by atomic mass is 9.85. The molecule has 0 saturated heterocycles. The van der Waals surface area contributed by atoms with Crippen LogP contribution in [0.15, 0.2) is 36.9 Å². The van der Waals surface area contributed by atoms with Gasteiger partial charge in [-0.2, -0.15) is 5.10 Å². The van der Waals surface area contributed by atoms with Crippen LogP contribution in [-0.4, -0.2) is 27.0 Å². The van der Waals surface area contributed by atoms with Crippen molar-refractivity contribution in [3.8, 4) is 0 Å². The molecule has 1 aromatic carbocycles. The maximum Gasteiger partial charge on any atom is 0.137 e. The molecule has 124 valence electrons. The maximum absolute atomic E-state index is 6.41. The molecule has 23 heavy (non-hydrogen) atoms. The van der Waals surface area contributed by atoms with Crippen LogP contribution in [0.5, 0.6) is 0 Å². The van der Waals surface area contributed by atoms with Crippen molar-refractivity contribution in [1.82, 2.24) is 14.8 Å². The number of ether oxygens (including phenoxy) is 1. The maximum atomic E-state index is 6.41. The van der Waals surface area contributed by atoms with E-state index in [9.17, 15) is 0 Å². The van der Waals surface area contributed by atoms with Gasteiger partial charge in [-0.25, -0.2) is 4.98 Å². The summed E-state index contributed by atoms with van der Waals surface area (Å²) in [6.45, 7) is 3.74. The van der Waals surface area contributed by atoms with Gasteiger partial charge in [0.1, 0.15) is 12.7 Å². The van der Waals surface area contributed by atoms with Gasteiger partial charge in [-0.05, 0) is 49.3 Å². The summed E-state index contributed by atoms with van der Waals surface area (Å²) < 4.78 is 8.32. The third kappa shape index (κ3) is 3.93. The lowest BCUT2D eigenvalue weighted by Crippen LogP contribution is -2.42. The SMILES string of the molecule is CCCO[C@]1(Cn2cncn2)CCC[C@@H]1Cc1ccc(Cl)cc1. The van der Waals surface area contributed by atoms with E-state index in [0.717, 1.165) is 37.4 Å². The first-order chi connectivity index (χ1) is 11.2. The molecule has 1 aromatic heterocycles. The zero-order valence-electron chi connectivity index (χ0n) is 13.6. The number of rotatable bonds is 7. The second kappa shape index (κ2) is 7.45. The van der Waals surface area contributed by atoms with E-state index in [4.69, 9.17) is 16.3 Å². The molecule has 1 aliphatic carbocycles. The van der Waals surface area contributed by atoms with Gasteiger partial charge in [0, 0.05) is 11.6 Å². The van der Waals surface area contributed by atoms with Crippen LogP contribution in [0.2, 0.25) is 5.02 Å². The number of aromatic nitrogens is 3. The molecule has 1 fully saturated rings. The summed E-state index contributed by atoms with van der Waals surface area (Å²) in [6, 6.07) is 8.19. The first-order valence-corrected chi connectivity index (χ1v) is 8.80. The summed E-state index contributed by atoms with van der Waals surface area (Å²) in [5.74, 6) is 0.499. The summed E-state index contributed by atoms with van der Waals surface area (Å²) in [7, 11) is 0. The van der Waals surface area contributed by atoms with Gasteiger partial charge in [0.2, 0.25) is 0 Å². The molecule has 1 heterocycles. The van der Waals surface area contributed by atoms with Gasteiger partial charge in [-0.3, -0.25) is 4.68 Å². The number of benzene rings is 1. The third-order valence-corrected chi connectivity index (χ3v) is 5.03. The van der Waals surface area contributed by atoms with Crippen LogP contribution in [0.4, 0.5) is 0 Å². The van der Waals surface area contributed by atoms with E-state index in [0.29, 0.717) is 5.92 Å². The first kappa shape index (κ1) is 16.5. The molecule has 0 bridgehead atoms. The van der Waals surface area contributed by atoms with Crippen molar-refractivity contribution in [2.45, 2.75) is 51.2 Å². The van der Waals surface area contributed by atoms with Crippen LogP contribution < -0.4 is 0 Å². The summed E-state index contributed by atoms with van der Waals surface area (Å²) in [5, 5.41) is 5.08. The summed E-state index contributed by atoms with van der Waals surface area (Å²) in [6.07, 6.45) is 8.93. The van der Waals surface area contributed by atoms with E-state index in [1.165, 1.54) is 18.4 Å². The Morgan fingerprint density at radius 2 is 2.17 bits per heavy atom. The van der Waals surface area contributed by atoms with E-state index in [-0.39, 0.29) is 5.60 Å². The van der Waals surface area contributed by atoms with Gasteiger partial charge in [-0.1, -0.05) is 37.1 Å². The predicted octanol–water partition coefficient (Wildman–Crippen LogP) is 4.14. The highest BCUT2D eigenvalue weighted by Gasteiger charge is 2.44. The Morgan fingerprint density at radius 3 is 2.87 bits per heavy atom. The van der Waals surface area contributed by atoms with Gasteiger partial charge in [0.15, 0.2) is 0 Å². The Balaban J connectivity index is 1.79. The lowest BCUT2D eigenvalue weighted by molar-refractivity contribution is -0.0856. The quantitative estimate of drug-likeness (QED) is 0.764. The van der Waals surface area contributed by atoms with E-state index >= 15 is 0 Å². The highest BCUT2D eigenvalue weighted by Crippen LogP contribution is 2.42. The summed E-state index contributed by atoms with van der Waals surface area (Å²) in [4.78, 5) is 4.08. The van der Waals surface area contributed by atoms with Gasteiger partial charge >= 0.3 is 0 Å². The zero-order chi connectivity index (χ0) is 16.1. The Morgan fingerprint density at radius 1 is 1.35 bits per heavy atom. The topological polar surface area (TPSA) is 39.9 Å². The van der Waals surface area contributed by atoms with Crippen LogP contribution in [0, 0.1) is 5.92 Å². The van der Waals surface area contributed by atoms with Crippen molar-refractivity contribution in [3.63, 3.8) is 0 Å². The van der Waals surface area contributed by atoms with E-state index in [1.54, 1.807) is 12.7 Å². The molecule has 4 nitrogen and oxygen atoms in total. The minimum atomic E-state index is -0.136. The molecule has 2 atom stereocenters. The van der Waals surface area contributed by atoms with Gasteiger partial charge < -0.3 is 4.74 Å². The Hall–Kier alpha value is -1.39. The smallest absolute Gasteiger partial charge is 0.137 e. The third-order valence-electron chi connectivity index (χ3n) is 4.78. The molecule has 0 aliphatic heterocycles. The second-order valence-corrected chi connectivity index (χ2v) is 6.86. The van der Waals surface area contributed by atoms with Gasteiger partial charge in [-0.15, -0.1) is 0 Å². The molecule has 1 aliphatic rings. The fourth-order valence-corrected chi connectivity index (χ4v) is 3.77. The Bertz CT molecular complexity index is 599. The molecule has 1 saturated carbocycles. The molecule has 3 rings (SSSR count).